The molecule has 0 radical (unpaired) electrons. The molecule has 1 heterocycles. The molecule has 2 rings (SSSR count). The van der Waals surface area contributed by atoms with Gasteiger partial charge in [-0.25, -0.2) is 0 Å². The molecule has 0 bridgehead atoms. The Balaban J connectivity index is 2.17. The minimum absolute atomic E-state index is 0.498. The van der Waals surface area contributed by atoms with E-state index in [0.29, 0.717) is 17.9 Å². The number of para-hydroxylation sites is 1. The van der Waals surface area contributed by atoms with Crippen molar-refractivity contribution in [2.45, 2.75) is 39.3 Å². The number of nitrogens with zero attached hydrogens (tertiary/aromatic N) is 2. The molecular weight excluding hydrogens is 240 g/mol. The van der Waals surface area contributed by atoms with Crippen LogP contribution in [-0.4, -0.2) is 14.9 Å². The normalized spacial score (nSPS) is 12.4. The molecule has 1 atom stereocenters. The van der Waals surface area contributed by atoms with Crippen molar-refractivity contribution in [2.75, 3.05) is 0 Å². The first-order chi connectivity index (χ1) is 9.24. The largest absolute Gasteiger partial charge is 0.454 e. The Bertz CT molecular complexity index is 522. The average molecular weight is 260 g/mol. The van der Waals surface area contributed by atoms with Crippen molar-refractivity contribution in [1.29, 1.82) is 0 Å². The Labute approximate surface area is 113 Å². The zero-order chi connectivity index (χ0) is 13.7. The summed E-state index contributed by atoms with van der Waals surface area (Å²) in [5.41, 5.74) is 0.813. The maximum Gasteiger partial charge on any atom is 0.165 e. The summed E-state index contributed by atoms with van der Waals surface area (Å²) in [6.07, 6.45) is 4.77. The number of aryl methyl sites for hydroxylation is 1. The molecule has 0 aliphatic heterocycles. The Morgan fingerprint density at radius 2 is 2.11 bits per heavy atom. The second-order valence-electron chi connectivity index (χ2n) is 4.50. The molecule has 0 aliphatic rings. The molecular formula is C15H20N2O2. The van der Waals surface area contributed by atoms with E-state index in [2.05, 4.69) is 12.0 Å². The number of hydrogen-bond donors (Lipinski definition) is 1. The van der Waals surface area contributed by atoms with Gasteiger partial charge >= 0.3 is 0 Å². The summed E-state index contributed by atoms with van der Waals surface area (Å²) in [6.45, 7) is 4.93. The van der Waals surface area contributed by atoms with E-state index in [-0.39, 0.29) is 0 Å². The zero-order valence-corrected chi connectivity index (χ0v) is 11.4. The fourth-order valence-electron chi connectivity index (χ4n) is 1.94. The van der Waals surface area contributed by atoms with Crippen LogP contribution in [0.4, 0.5) is 0 Å². The SMILES string of the molecule is CCCn1cc(Oc2ccccc2[C@H](O)CC)cn1. The first kappa shape index (κ1) is 13.6. The van der Waals surface area contributed by atoms with E-state index >= 15 is 0 Å². The Morgan fingerprint density at radius 1 is 1.32 bits per heavy atom. The molecule has 4 nitrogen and oxygen atoms in total. The molecule has 102 valence electrons. The molecule has 0 saturated carbocycles. The summed E-state index contributed by atoms with van der Waals surface area (Å²) in [6, 6.07) is 7.56. The number of aliphatic hydroxyl groups is 1. The molecule has 0 fully saturated rings. The fourth-order valence-corrected chi connectivity index (χ4v) is 1.94. The molecule has 1 aromatic carbocycles. The van der Waals surface area contributed by atoms with Gasteiger partial charge in [0, 0.05) is 12.1 Å². The first-order valence-corrected chi connectivity index (χ1v) is 6.71. The molecule has 0 unspecified atom stereocenters. The van der Waals surface area contributed by atoms with E-state index in [1.54, 1.807) is 6.20 Å². The van der Waals surface area contributed by atoms with Crippen LogP contribution in [0.3, 0.4) is 0 Å². The summed E-state index contributed by atoms with van der Waals surface area (Å²) >= 11 is 0. The monoisotopic (exact) mass is 260 g/mol. The van der Waals surface area contributed by atoms with Crippen LogP contribution in [0.1, 0.15) is 38.4 Å². The van der Waals surface area contributed by atoms with Crippen LogP contribution in [0.2, 0.25) is 0 Å². The Hall–Kier alpha value is -1.81. The second-order valence-corrected chi connectivity index (χ2v) is 4.50. The van der Waals surface area contributed by atoms with Gasteiger partial charge in [0.15, 0.2) is 5.75 Å². The number of ether oxygens (including phenoxy) is 1. The average Bonchev–Trinajstić information content (AvgIpc) is 2.86. The van der Waals surface area contributed by atoms with Gasteiger partial charge in [0.05, 0.1) is 18.5 Å². The van der Waals surface area contributed by atoms with Gasteiger partial charge in [-0.3, -0.25) is 4.68 Å². The van der Waals surface area contributed by atoms with Gasteiger partial charge < -0.3 is 9.84 Å². The van der Waals surface area contributed by atoms with Crippen molar-refractivity contribution in [2.24, 2.45) is 0 Å². The van der Waals surface area contributed by atoms with E-state index in [4.69, 9.17) is 4.74 Å². The van der Waals surface area contributed by atoms with Crippen molar-refractivity contribution in [3.05, 3.63) is 42.2 Å². The third-order valence-electron chi connectivity index (χ3n) is 2.95. The number of hydrogen-bond acceptors (Lipinski definition) is 3. The van der Waals surface area contributed by atoms with Crippen LogP contribution in [0.15, 0.2) is 36.7 Å². The van der Waals surface area contributed by atoms with Crippen LogP contribution in [0.25, 0.3) is 0 Å². The fraction of sp³-hybridized carbons (Fsp3) is 0.400. The number of rotatable bonds is 6. The minimum Gasteiger partial charge on any atom is -0.454 e. The van der Waals surface area contributed by atoms with Crippen molar-refractivity contribution in [1.82, 2.24) is 9.78 Å². The Kier molecular flexibility index (Phi) is 4.58. The molecule has 0 aliphatic carbocycles. The van der Waals surface area contributed by atoms with Crippen LogP contribution < -0.4 is 4.74 Å². The van der Waals surface area contributed by atoms with E-state index in [1.165, 1.54) is 0 Å². The molecule has 4 heteroatoms. The van der Waals surface area contributed by atoms with Crippen LogP contribution in [-0.2, 0) is 6.54 Å². The number of aromatic nitrogens is 2. The van der Waals surface area contributed by atoms with Crippen LogP contribution in [0, 0.1) is 0 Å². The van der Waals surface area contributed by atoms with Crippen molar-refractivity contribution in [3.63, 3.8) is 0 Å². The lowest BCUT2D eigenvalue weighted by Crippen LogP contribution is -1.98. The summed E-state index contributed by atoms with van der Waals surface area (Å²) in [4.78, 5) is 0. The Morgan fingerprint density at radius 3 is 2.84 bits per heavy atom. The number of aliphatic hydroxyl groups excluding tert-OH is 1. The molecule has 2 aromatic rings. The summed E-state index contributed by atoms with van der Waals surface area (Å²) in [5.74, 6) is 1.39. The third-order valence-corrected chi connectivity index (χ3v) is 2.95. The molecule has 1 N–H and O–H groups in total. The van der Waals surface area contributed by atoms with Gasteiger partial charge in [0.25, 0.3) is 0 Å². The third kappa shape index (κ3) is 3.35. The highest BCUT2D eigenvalue weighted by molar-refractivity contribution is 5.38. The predicted octanol–water partition coefficient (Wildman–Crippen LogP) is 3.53. The highest BCUT2D eigenvalue weighted by atomic mass is 16.5. The summed E-state index contributed by atoms with van der Waals surface area (Å²) in [5, 5.41) is 14.2. The molecule has 0 spiro atoms. The van der Waals surface area contributed by atoms with Gasteiger partial charge in [-0.2, -0.15) is 5.10 Å². The molecule has 1 aromatic heterocycles. The molecule has 19 heavy (non-hydrogen) atoms. The molecule has 0 amide bonds. The zero-order valence-electron chi connectivity index (χ0n) is 11.4. The lowest BCUT2D eigenvalue weighted by Gasteiger charge is -2.13. The minimum atomic E-state index is -0.498. The van der Waals surface area contributed by atoms with E-state index in [1.807, 2.05) is 42.1 Å². The van der Waals surface area contributed by atoms with Crippen LogP contribution >= 0.6 is 0 Å². The maximum atomic E-state index is 9.98. The van der Waals surface area contributed by atoms with E-state index in [0.717, 1.165) is 18.5 Å². The first-order valence-electron chi connectivity index (χ1n) is 6.71. The summed E-state index contributed by atoms with van der Waals surface area (Å²) in [7, 11) is 0. The van der Waals surface area contributed by atoms with Gasteiger partial charge in [-0.1, -0.05) is 32.0 Å². The van der Waals surface area contributed by atoms with Gasteiger partial charge in [-0.15, -0.1) is 0 Å². The highest BCUT2D eigenvalue weighted by Crippen LogP contribution is 2.30. The second kappa shape index (κ2) is 6.38. The van der Waals surface area contributed by atoms with Crippen molar-refractivity contribution < 1.29 is 9.84 Å². The van der Waals surface area contributed by atoms with Crippen molar-refractivity contribution >= 4 is 0 Å². The van der Waals surface area contributed by atoms with Crippen LogP contribution in [0.5, 0.6) is 11.5 Å². The maximum absolute atomic E-state index is 9.98. The predicted molar refractivity (Wildman–Crippen MR) is 74.3 cm³/mol. The van der Waals surface area contributed by atoms with Crippen molar-refractivity contribution in [3.8, 4) is 11.5 Å². The summed E-state index contributed by atoms with van der Waals surface area (Å²) < 4.78 is 7.67. The standard InChI is InChI=1S/C15H20N2O2/c1-3-9-17-11-12(10-16-17)19-15-8-6-5-7-13(15)14(18)4-2/h5-8,10-11,14,18H,3-4,9H2,1-2H3/t14-/m1/s1. The van der Waals surface area contributed by atoms with E-state index < -0.39 is 6.10 Å². The van der Waals surface area contributed by atoms with Gasteiger partial charge in [-0.05, 0) is 18.9 Å². The molecule has 0 saturated heterocycles. The number of benzene rings is 1. The van der Waals surface area contributed by atoms with E-state index in [9.17, 15) is 5.11 Å². The smallest absolute Gasteiger partial charge is 0.165 e. The highest BCUT2D eigenvalue weighted by Gasteiger charge is 2.12. The lowest BCUT2D eigenvalue weighted by atomic mass is 10.1. The van der Waals surface area contributed by atoms with Gasteiger partial charge in [0.1, 0.15) is 5.75 Å². The topological polar surface area (TPSA) is 47.3 Å². The quantitative estimate of drug-likeness (QED) is 0.864. The lowest BCUT2D eigenvalue weighted by molar-refractivity contribution is 0.170. The van der Waals surface area contributed by atoms with Gasteiger partial charge in [0.2, 0.25) is 0 Å².